The highest BCUT2D eigenvalue weighted by atomic mass is 16.1. The predicted octanol–water partition coefficient (Wildman–Crippen LogP) is 2.88. The summed E-state index contributed by atoms with van der Waals surface area (Å²) in [7, 11) is 0. The van der Waals surface area contributed by atoms with Crippen LogP contribution in [0.1, 0.15) is 33.6 Å². The summed E-state index contributed by atoms with van der Waals surface area (Å²) in [6.45, 7) is 6.38. The van der Waals surface area contributed by atoms with Gasteiger partial charge in [-0.15, -0.1) is 0 Å². The van der Waals surface area contributed by atoms with Crippen LogP contribution in [0.2, 0.25) is 0 Å². The topological polar surface area (TPSA) is 17.1 Å². The van der Waals surface area contributed by atoms with E-state index in [0.29, 0.717) is 5.92 Å². The van der Waals surface area contributed by atoms with Gasteiger partial charge < -0.3 is 0 Å². The van der Waals surface area contributed by atoms with Crippen molar-refractivity contribution in [2.45, 2.75) is 33.6 Å². The minimum Gasteiger partial charge on any atom is -0.298 e. The van der Waals surface area contributed by atoms with Crippen LogP contribution in [0.25, 0.3) is 0 Å². The highest BCUT2D eigenvalue weighted by molar-refractivity contribution is 5.79. The van der Waals surface area contributed by atoms with Crippen LogP contribution in [0.3, 0.4) is 0 Å². The maximum absolute atomic E-state index is 10.7. The Morgan fingerprint density at radius 1 is 1.42 bits per heavy atom. The third-order valence-corrected chi connectivity index (χ3v) is 2.39. The molecular weight excluding hydrogens is 148 g/mol. The lowest BCUT2D eigenvalue weighted by Crippen LogP contribution is -2.04. The van der Waals surface area contributed by atoms with Gasteiger partial charge >= 0.3 is 0 Å². The van der Waals surface area contributed by atoms with E-state index in [4.69, 9.17) is 0 Å². The number of rotatable bonds is 2. The molecule has 0 aliphatic heterocycles. The number of hydrogen-bond acceptors (Lipinski definition) is 1. The first-order valence-electron chi connectivity index (χ1n) is 4.50. The third kappa shape index (κ3) is 1.84. The van der Waals surface area contributed by atoms with Crippen LogP contribution in [-0.4, -0.2) is 6.29 Å². The van der Waals surface area contributed by atoms with Crippen LogP contribution in [0, 0.1) is 5.92 Å². The summed E-state index contributed by atoms with van der Waals surface area (Å²) >= 11 is 0. The van der Waals surface area contributed by atoms with Crippen LogP contribution in [0.15, 0.2) is 22.8 Å². The van der Waals surface area contributed by atoms with Crippen molar-refractivity contribution >= 4 is 6.29 Å². The second-order valence-electron chi connectivity index (χ2n) is 3.74. The fraction of sp³-hybridized carbons (Fsp3) is 0.545. The molecule has 1 nitrogen and oxygen atoms in total. The molecule has 0 unspecified atom stereocenters. The first-order chi connectivity index (χ1) is 5.65. The van der Waals surface area contributed by atoms with Gasteiger partial charge in [0.15, 0.2) is 0 Å². The van der Waals surface area contributed by atoms with Gasteiger partial charge in [-0.2, -0.15) is 0 Å². The molecule has 12 heavy (non-hydrogen) atoms. The zero-order chi connectivity index (χ0) is 9.14. The Hall–Kier alpha value is -0.850. The minimum atomic E-state index is 0.509. The van der Waals surface area contributed by atoms with Crippen molar-refractivity contribution < 1.29 is 4.79 Å². The summed E-state index contributed by atoms with van der Waals surface area (Å²) in [6.07, 6.45) is 5.18. The van der Waals surface area contributed by atoms with E-state index < -0.39 is 0 Å². The van der Waals surface area contributed by atoms with Crippen LogP contribution >= 0.6 is 0 Å². The van der Waals surface area contributed by atoms with Crippen LogP contribution in [-0.2, 0) is 4.79 Å². The van der Waals surface area contributed by atoms with Crippen molar-refractivity contribution in [1.82, 2.24) is 0 Å². The smallest absolute Gasteiger partial charge is 0.150 e. The summed E-state index contributed by atoms with van der Waals surface area (Å²) in [5, 5.41) is 0. The monoisotopic (exact) mass is 164 g/mol. The van der Waals surface area contributed by atoms with E-state index in [-0.39, 0.29) is 0 Å². The number of carbonyl (C=O) groups is 1. The van der Waals surface area contributed by atoms with E-state index in [0.717, 1.165) is 24.7 Å². The second-order valence-corrected chi connectivity index (χ2v) is 3.74. The Morgan fingerprint density at radius 2 is 2.08 bits per heavy atom. The fourth-order valence-corrected chi connectivity index (χ4v) is 1.64. The van der Waals surface area contributed by atoms with Gasteiger partial charge in [0, 0.05) is 5.57 Å². The van der Waals surface area contributed by atoms with Crippen molar-refractivity contribution in [3.63, 3.8) is 0 Å². The Bertz CT molecular complexity index is 244. The predicted molar refractivity (Wildman–Crippen MR) is 50.9 cm³/mol. The molecule has 0 bridgehead atoms. The first-order valence-corrected chi connectivity index (χ1v) is 4.50. The summed E-state index contributed by atoms with van der Waals surface area (Å²) in [4.78, 5) is 10.7. The number of carbonyl (C=O) groups excluding carboxylic acids is 1. The summed E-state index contributed by atoms with van der Waals surface area (Å²) in [5.41, 5.74) is 3.55. The molecule has 1 aliphatic rings. The van der Waals surface area contributed by atoms with Gasteiger partial charge in [-0.1, -0.05) is 31.1 Å². The molecule has 0 spiro atoms. The van der Waals surface area contributed by atoms with Gasteiger partial charge in [-0.25, -0.2) is 0 Å². The summed E-state index contributed by atoms with van der Waals surface area (Å²) < 4.78 is 0. The molecule has 1 heteroatoms. The molecule has 0 aromatic carbocycles. The Balaban J connectivity index is 2.99. The van der Waals surface area contributed by atoms with Crippen LogP contribution in [0.5, 0.6) is 0 Å². The van der Waals surface area contributed by atoms with Crippen LogP contribution in [0.4, 0.5) is 0 Å². The average Bonchev–Trinajstić information content (AvgIpc) is 2.03. The molecule has 66 valence electrons. The standard InChI is InChI=1S/C11H16O/c1-8(2)11-5-4-9(3)6-10(11)7-12/h6-8H,4-5H2,1-3H3. The van der Waals surface area contributed by atoms with E-state index in [1.54, 1.807) is 0 Å². The molecule has 0 saturated carbocycles. The molecule has 0 N–H and O–H groups in total. The van der Waals surface area contributed by atoms with Crippen LogP contribution < -0.4 is 0 Å². The molecule has 0 saturated heterocycles. The molecule has 1 rings (SSSR count). The van der Waals surface area contributed by atoms with Gasteiger partial charge in [-0.3, -0.25) is 4.79 Å². The van der Waals surface area contributed by atoms with Crippen molar-refractivity contribution in [2.75, 3.05) is 0 Å². The first kappa shape index (κ1) is 9.24. The lowest BCUT2D eigenvalue weighted by atomic mass is 9.87. The van der Waals surface area contributed by atoms with E-state index in [9.17, 15) is 4.79 Å². The van der Waals surface area contributed by atoms with Crippen molar-refractivity contribution in [3.8, 4) is 0 Å². The third-order valence-electron chi connectivity index (χ3n) is 2.39. The molecular formula is C11H16O. The fourth-order valence-electron chi connectivity index (χ4n) is 1.64. The zero-order valence-electron chi connectivity index (χ0n) is 8.05. The largest absolute Gasteiger partial charge is 0.298 e. The van der Waals surface area contributed by atoms with E-state index in [2.05, 4.69) is 20.8 Å². The van der Waals surface area contributed by atoms with Gasteiger partial charge in [0.25, 0.3) is 0 Å². The molecule has 0 atom stereocenters. The molecule has 1 aliphatic carbocycles. The Morgan fingerprint density at radius 3 is 2.58 bits per heavy atom. The van der Waals surface area contributed by atoms with Gasteiger partial charge in [0.05, 0.1) is 0 Å². The van der Waals surface area contributed by atoms with E-state index in [1.165, 1.54) is 11.1 Å². The van der Waals surface area contributed by atoms with Crippen molar-refractivity contribution in [1.29, 1.82) is 0 Å². The normalized spacial score (nSPS) is 18.2. The van der Waals surface area contributed by atoms with Gasteiger partial charge in [-0.05, 0) is 25.7 Å². The molecule has 0 aromatic heterocycles. The van der Waals surface area contributed by atoms with Crippen molar-refractivity contribution in [3.05, 3.63) is 22.8 Å². The van der Waals surface area contributed by atoms with Crippen molar-refractivity contribution in [2.24, 2.45) is 5.92 Å². The van der Waals surface area contributed by atoms with Gasteiger partial charge in [0.2, 0.25) is 0 Å². The second kappa shape index (κ2) is 3.70. The highest BCUT2D eigenvalue weighted by Gasteiger charge is 2.13. The molecule has 0 fully saturated rings. The highest BCUT2D eigenvalue weighted by Crippen LogP contribution is 2.27. The van der Waals surface area contributed by atoms with E-state index in [1.807, 2.05) is 6.08 Å². The number of hydrogen-bond donors (Lipinski definition) is 0. The summed E-state index contributed by atoms with van der Waals surface area (Å²) in [6, 6.07) is 0. The summed E-state index contributed by atoms with van der Waals surface area (Å²) in [5.74, 6) is 0.509. The Kier molecular flexibility index (Phi) is 2.85. The lowest BCUT2D eigenvalue weighted by Gasteiger charge is -2.18. The zero-order valence-corrected chi connectivity index (χ0v) is 8.05. The van der Waals surface area contributed by atoms with Gasteiger partial charge in [0.1, 0.15) is 6.29 Å². The number of aldehydes is 1. The average molecular weight is 164 g/mol. The molecule has 0 heterocycles. The lowest BCUT2D eigenvalue weighted by molar-refractivity contribution is -0.104. The minimum absolute atomic E-state index is 0.509. The maximum atomic E-state index is 10.7. The van der Waals surface area contributed by atoms with E-state index >= 15 is 0 Å². The number of allylic oxidation sites excluding steroid dienone is 4. The maximum Gasteiger partial charge on any atom is 0.150 e. The molecule has 0 radical (unpaired) electrons. The Labute approximate surface area is 74.2 Å². The molecule has 0 amide bonds. The molecule has 0 aromatic rings. The SMILES string of the molecule is CC1=CC(C=O)=C(C(C)C)CC1. The quantitative estimate of drug-likeness (QED) is 0.573.